The van der Waals surface area contributed by atoms with Crippen molar-refractivity contribution >= 4 is 28.7 Å². The van der Waals surface area contributed by atoms with Crippen molar-refractivity contribution in [3.05, 3.63) is 18.0 Å². The van der Waals surface area contributed by atoms with Crippen molar-refractivity contribution in [2.45, 2.75) is 58.4 Å². The highest BCUT2D eigenvalue weighted by molar-refractivity contribution is 7.09. The van der Waals surface area contributed by atoms with E-state index in [2.05, 4.69) is 35.0 Å². The molecule has 0 bridgehead atoms. The topological polar surface area (TPSA) is 88.1 Å². The molecule has 0 N–H and O–H groups in total. The number of aromatic nitrogens is 2. The normalized spacial score (nSPS) is 27.3. The molecule has 0 aliphatic carbocycles. The van der Waals surface area contributed by atoms with Crippen molar-refractivity contribution < 1.29 is 19.1 Å². The fraction of sp³-hybridized carbons (Fsp3) is 0.714. The van der Waals surface area contributed by atoms with Crippen LogP contribution in [0.15, 0.2) is 12.2 Å². The van der Waals surface area contributed by atoms with E-state index in [1.165, 1.54) is 11.5 Å². The molecule has 2 amide bonds. The first-order valence-corrected chi connectivity index (χ1v) is 11.5. The van der Waals surface area contributed by atoms with Crippen molar-refractivity contribution in [2.75, 3.05) is 38.2 Å². The predicted molar refractivity (Wildman–Crippen MR) is 117 cm³/mol. The van der Waals surface area contributed by atoms with Crippen LogP contribution in [0.2, 0.25) is 0 Å². The van der Waals surface area contributed by atoms with Gasteiger partial charge in [-0.2, -0.15) is 4.37 Å². The van der Waals surface area contributed by atoms with Crippen LogP contribution in [0.4, 0.5) is 9.93 Å². The summed E-state index contributed by atoms with van der Waals surface area (Å²) in [5.74, 6) is 0.671. The van der Waals surface area contributed by atoms with Crippen LogP contribution in [-0.2, 0) is 14.3 Å². The molecule has 9 nitrogen and oxygen atoms in total. The van der Waals surface area contributed by atoms with Crippen LogP contribution in [0.5, 0.6) is 0 Å². The highest BCUT2D eigenvalue weighted by Crippen LogP contribution is 2.35. The van der Waals surface area contributed by atoms with Crippen LogP contribution in [0.3, 0.4) is 0 Å². The minimum absolute atomic E-state index is 0.00300. The lowest BCUT2D eigenvalue weighted by Crippen LogP contribution is -2.46. The second-order valence-electron chi connectivity index (χ2n) is 9.54. The summed E-state index contributed by atoms with van der Waals surface area (Å²) >= 11 is 1.34. The van der Waals surface area contributed by atoms with E-state index < -0.39 is 0 Å². The smallest absolute Gasteiger partial charge is 0.410 e. The van der Waals surface area contributed by atoms with Gasteiger partial charge in [0.15, 0.2) is 5.82 Å². The van der Waals surface area contributed by atoms with E-state index in [0.29, 0.717) is 32.0 Å². The molecule has 3 aliphatic rings. The van der Waals surface area contributed by atoms with Gasteiger partial charge in [-0.05, 0) is 24.8 Å². The number of likely N-dealkylation sites (tertiary alicyclic amines) is 1. The summed E-state index contributed by atoms with van der Waals surface area (Å²) in [5.41, 5.74) is -0.0420. The molecule has 3 fully saturated rings. The molecule has 4 rings (SSSR count). The first-order chi connectivity index (χ1) is 14.7. The summed E-state index contributed by atoms with van der Waals surface area (Å²) in [6.45, 7) is 10.6. The number of rotatable bonds is 5. The third-order valence-electron chi connectivity index (χ3n) is 6.07. The highest BCUT2D eigenvalue weighted by Gasteiger charge is 2.51. The molecule has 1 aromatic heterocycles. The molecule has 0 spiro atoms. The molecule has 0 radical (unpaired) electrons. The number of allylic oxidation sites excluding steroid dienone is 1. The number of nitrogens with zero attached hydrogens (tertiary/aromatic N) is 5. The first-order valence-electron chi connectivity index (χ1n) is 10.7. The number of carbonyl (C=O) groups is 2. The number of methoxy groups -OCH3 is 1. The largest absolute Gasteiger partial charge is 0.442 e. The number of hydrogen-bond acceptors (Lipinski definition) is 8. The summed E-state index contributed by atoms with van der Waals surface area (Å²) in [4.78, 5) is 35.6. The molecule has 170 valence electrons. The maximum Gasteiger partial charge on any atom is 0.410 e. The SMILES string of the molecule is COC(C)c1nsc(N2C[C@@H]3OC(=O)N(C4CCN(C(=O)/C=C/C(C)(C)C)C4)[C@@H]3C2)n1. The van der Waals surface area contributed by atoms with Gasteiger partial charge in [0.25, 0.3) is 0 Å². The maximum atomic E-state index is 12.6. The molecule has 4 heterocycles. The number of carbonyl (C=O) groups excluding carboxylic acids is 2. The molecule has 0 saturated carbocycles. The average Bonchev–Trinajstić information content (AvgIpc) is 3.47. The van der Waals surface area contributed by atoms with Crippen LogP contribution in [-0.4, -0.2) is 82.6 Å². The fourth-order valence-electron chi connectivity index (χ4n) is 4.26. The van der Waals surface area contributed by atoms with Crippen LogP contribution in [0, 0.1) is 5.41 Å². The minimum Gasteiger partial charge on any atom is -0.442 e. The van der Waals surface area contributed by atoms with Crippen LogP contribution in [0.1, 0.15) is 46.0 Å². The van der Waals surface area contributed by atoms with Gasteiger partial charge in [0.05, 0.1) is 18.6 Å². The van der Waals surface area contributed by atoms with Crippen molar-refractivity contribution in [3.63, 3.8) is 0 Å². The Bertz CT molecular complexity index is 866. The van der Waals surface area contributed by atoms with Crippen molar-refractivity contribution in [3.8, 4) is 0 Å². The lowest BCUT2D eigenvalue weighted by molar-refractivity contribution is -0.125. The standard InChI is InChI=1S/C21H31N5O4S/c1-13(29-5)18-22-19(31-23-18)25-11-15-16(12-25)30-20(28)26(15)14-7-9-24(10-14)17(27)6-8-21(2,3)4/h6,8,13-16H,7,9-12H2,1-5H3/b8-6+/t13?,14?,15-,16+/m1/s1. The molecule has 0 aromatic carbocycles. The summed E-state index contributed by atoms with van der Waals surface area (Å²) in [5, 5.41) is 0.819. The van der Waals surface area contributed by atoms with E-state index in [1.807, 2.05) is 22.8 Å². The Morgan fingerprint density at radius 3 is 2.81 bits per heavy atom. The van der Waals surface area contributed by atoms with Gasteiger partial charge < -0.3 is 19.3 Å². The van der Waals surface area contributed by atoms with Gasteiger partial charge in [-0.25, -0.2) is 9.78 Å². The molecule has 31 heavy (non-hydrogen) atoms. The van der Waals surface area contributed by atoms with Gasteiger partial charge in [0.1, 0.15) is 12.2 Å². The lowest BCUT2D eigenvalue weighted by Gasteiger charge is -2.27. The Labute approximate surface area is 187 Å². The van der Waals surface area contributed by atoms with E-state index >= 15 is 0 Å². The molecule has 10 heteroatoms. The van der Waals surface area contributed by atoms with Crippen molar-refractivity contribution in [2.24, 2.45) is 5.41 Å². The van der Waals surface area contributed by atoms with E-state index in [4.69, 9.17) is 9.47 Å². The molecule has 1 aromatic rings. The third-order valence-corrected chi connectivity index (χ3v) is 6.86. The van der Waals surface area contributed by atoms with Gasteiger partial charge in [-0.1, -0.05) is 26.8 Å². The van der Waals surface area contributed by atoms with E-state index in [0.717, 1.165) is 11.6 Å². The molecule has 4 atom stereocenters. The Morgan fingerprint density at radius 1 is 1.32 bits per heavy atom. The highest BCUT2D eigenvalue weighted by atomic mass is 32.1. The molecule has 3 saturated heterocycles. The monoisotopic (exact) mass is 449 g/mol. The number of fused-ring (bicyclic) bond motifs is 1. The molecule has 2 unspecified atom stereocenters. The number of ether oxygens (including phenoxy) is 2. The Morgan fingerprint density at radius 2 is 2.10 bits per heavy atom. The van der Waals surface area contributed by atoms with Crippen LogP contribution >= 0.6 is 11.5 Å². The minimum atomic E-state index is -0.273. The average molecular weight is 450 g/mol. The molecular weight excluding hydrogens is 418 g/mol. The van der Waals surface area contributed by atoms with E-state index in [9.17, 15) is 9.59 Å². The Hall–Kier alpha value is -2.20. The summed E-state index contributed by atoms with van der Waals surface area (Å²) in [7, 11) is 1.64. The van der Waals surface area contributed by atoms with E-state index in [-0.39, 0.29) is 41.7 Å². The molecular formula is C21H31N5O4S. The molecule has 3 aliphatic heterocycles. The zero-order valence-electron chi connectivity index (χ0n) is 18.8. The number of hydrogen-bond donors (Lipinski definition) is 0. The third kappa shape index (κ3) is 4.55. The maximum absolute atomic E-state index is 12.6. The van der Waals surface area contributed by atoms with Gasteiger partial charge in [-0.3, -0.25) is 9.69 Å². The second kappa shape index (κ2) is 8.38. The van der Waals surface area contributed by atoms with Crippen LogP contribution < -0.4 is 4.90 Å². The predicted octanol–water partition coefficient (Wildman–Crippen LogP) is 2.46. The quantitative estimate of drug-likeness (QED) is 0.638. The van der Waals surface area contributed by atoms with Crippen LogP contribution in [0.25, 0.3) is 0 Å². The Kier molecular flexibility index (Phi) is 5.95. The van der Waals surface area contributed by atoms with Crippen molar-refractivity contribution in [1.82, 2.24) is 19.2 Å². The summed E-state index contributed by atoms with van der Waals surface area (Å²) in [6, 6.07) is -0.0576. The van der Waals surface area contributed by atoms with Gasteiger partial charge in [0, 0.05) is 38.3 Å². The lowest BCUT2D eigenvalue weighted by atomic mass is 9.96. The second-order valence-corrected chi connectivity index (χ2v) is 10.3. The van der Waals surface area contributed by atoms with E-state index in [1.54, 1.807) is 13.2 Å². The van der Waals surface area contributed by atoms with Gasteiger partial charge >= 0.3 is 6.09 Å². The summed E-state index contributed by atoms with van der Waals surface area (Å²) in [6.07, 6.45) is 3.73. The zero-order valence-corrected chi connectivity index (χ0v) is 19.6. The summed E-state index contributed by atoms with van der Waals surface area (Å²) < 4.78 is 15.4. The first kappa shape index (κ1) is 22.0. The fourth-order valence-corrected chi connectivity index (χ4v) is 5.03. The number of anilines is 1. The van der Waals surface area contributed by atoms with Gasteiger partial charge in [0.2, 0.25) is 11.0 Å². The van der Waals surface area contributed by atoms with Crippen molar-refractivity contribution in [1.29, 1.82) is 0 Å². The van der Waals surface area contributed by atoms with Gasteiger partial charge in [-0.15, -0.1) is 0 Å². The zero-order chi connectivity index (χ0) is 22.3. The number of amides is 2. The Balaban J connectivity index is 1.40.